The van der Waals surface area contributed by atoms with Gasteiger partial charge in [0, 0.05) is 18.4 Å². The fraction of sp³-hybridized carbons (Fsp3) is 0.143. The Morgan fingerprint density at radius 2 is 2.00 bits per heavy atom. The van der Waals surface area contributed by atoms with Crippen LogP contribution in [0.2, 0.25) is 0 Å². The van der Waals surface area contributed by atoms with Crippen LogP contribution in [-0.4, -0.2) is 29.5 Å². The normalized spacial score (nSPS) is 10.0. The van der Waals surface area contributed by atoms with Gasteiger partial charge in [0.1, 0.15) is 11.4 Å². The standard InChI is InChI=1S/C21H19N5O2/c1-28-18-7-5-15(6-8-18)9-11-23-21-24-12-10-19(26-21)20(27)25-17-4-2-3-16(13-17)14-22/h2-8,10,12-13H,9,11H2,1H3,(H,25,27)(H,23,24,26). The van der Waals surface area contributed by atoms with Crippen LogP contribution in [0.25, 0.3) is 0 Å². The Kier molecular flexibility index (Phi) is 6.16. The van der Waals surface area contributed by atoms with Gasteiger partial charge in [0.25, 0.3) is 5.91 Å². The van der Waals surface area contributed by atoms with E-state index in [1.807, 2.05) is 30.3 Å². The van der Waals surface area contributed by atoms with E-state index in [2.05, 4.69) is 20.6 Å². The highest BCUT2D eigenvalue weighted by atomic mass is 16.5. The molecule has 0 saturated heterocycles. The van der Waals surface area contributed by atoms with Gasteiger partial charge in [-0.25, -0.2) is 9.97 Å². The molecule has 0 unspecified atom stereocenters. The summed E-state index contributed by atoms with van der Waals surface area (Å²) in [5, 5.41) is 14.8. The van der Waals surface area contributed by atoms with E-state index < -0.39 is 0 Å². The molecule has 1 aromatic heterocycles. The number of hydrogen-bond donors (Lipinski definition) is 2. The summed E-state index contributed by atoms with van der Waals surface area (Å²) in [5.41, 5.74) is 2.40. The summed E-state index contributed by atoms with van der Waals surface area (Å²) in [4.78, 5) is 20.8. The molecule has 28 heavy (non-hydrogen) atoms. The number of ether oxygens (including phenoxy) is 1. The third kappa shape index (κ3) is 5.05. The summed E-state index contributed by atoms with van der Waals surface area (Å²) in [6.45, 7) is 0.627. The predicted octanol–water partition coefficient (Wildman–Crippen LogP) is 3.26. The van der Waals surface area contributed by atoms with Gasteiger partial charge < -0.3 is 15.4 Å². The third-order valence-electron chi connectivity index (χ3n) is 3.99. The summed E-state index contributed by atoms with van der Waals surface area (Å²) in [5.74, 6) is 0.835. The van der Waals surface area contributed by atoms with Gasteiger partial charge >= 0.3 is 0 Å². The molecule has 2 N–H and O–H groups in total. The van der Waals surface area contributed by atoms with Gasteiger partial charge in [-0.1, -0.05) is 18.2 Å². The first-order valence-corrected chi connectivity index (χ1v) is 8.69. The molecule has 1 amide bonds. The zero-order chi connectivity index (χ0) is 19.8. The minimum absolute atomic E-state index is 0.240. The molecule has 0 radical (unpaired) electrons. The molecule has 0 bridgehead atoms. The lowest BCUT2D eigenvalue weighted by molar-refractivity contribution is 0.102. The second-order valence-electron chi connectivity index (χ2n) is 5.94. The number of methoxy groups -OCH3 is 1. The average Bonchev–Trinajstić information content (AvgIpc) is 2.74. The monoisotopic (exact) mass is 373 g/mol. The van der Waals surface area contributed by atoms with Crippen molar-refractivity contribution in [1.82, 2.24) is 9.97 Å². The number of nitrogens with zero attached hydrogens (tertiary/aromatic N) is 3. The van der Waals surface area contributed by atoms with Crippen LogP contribution < -0.4 is 15.4 Å². The number of anilines is 2. The zero-order valence-electron chi connectivity index (χ0n) is 15.3. The van der Waals surface area contributed by atoms with Crippen LogP contribution in [0.4, 0.5) is 11.6 Å². The summed E-state index contributed by atoms with van der Waals surface area (Å²) >= 11 is 0. The van der Waals surface area contributed by atoms with Gasteiger partial charge in [0.05, 0.1) is 18.7 Å². The van der Waals surface area contributed by atoms with Crippen molar-refractivity contribution in [3.8, 4) is 11.8 Å². The van der Waals surface area contributed by atoms with Crippen LogP contribution in [0.1, 0.15) is 21.6 Å². The van der Waals surface area contributed by atoms with Crippen LogP contribution in [0.3, 0.4) is 0 Å². The first-order valence-electron chi connectivity index (χ1n) is 8.69. The molecule has 1 heterocycles. The molecule has 0 atom stereocenters. The van der Waals surface area contributed by atoms with E-state index >= 15 is 0 Å². The number of rotatable bonds is 7. The molecule has 140 valence electrons. The number of benzene rings is 2. The second-order valence-corrected chi connectivity index (χ2v) is 5.94. The van der Waals surface area contributed by atoms with Crippen molar-refractivity contribution in [2.75, 3.05) is 24.3 Å². The number of nitriles is 1. The maximum absolute atomic E-state index is 12.4. The lowest BCUT2D eigenvalue weighted by Crippen LogP contribution is -2.16. The SMILES string of the molecule is COc1ccc(CCNc2nccc(C(=O)Nc3cccc(C#N)c3)n2)cc1. The smallest absolute Gasteiger partial charge is 0.274 e. The summed E-state index contributed by atoms with van der Waals surface area (Å²) in [6, 6.07) is 18.1. The summed E-state index contributed by atoms with van der Waals surface area (Å²) < 4.78 is 5.14. The molecular formula is C21H19N5O2. The van der Waals surface area contributed by atoms with Crippen molar-refractivity contribution >= 4 is 17.5 Å². The Hall–Kier alpha value is -3.92. The molecule has 7 heteroatoms. The average molecular weight is 373 g/mol. The summed E-state index contributed by atoms with van der Waals surface area (Å²) in [7, 11) is 1.64. The highest BCUT2D eigenvalue weighted by Crippen LogP contribution is 2.13. The third-order valence-corrected chi connectivity index (χ3v) is 3.99. The van der Waals surface area contributed by atoms with E-state index in [4.69, 9.17) is 10.00 Å². The minimum atomic E-state index is -0.365. The van der Waals surface area contributed by atoms with Gasteiger partial charge in [0.2, 0.25) is 5.95 Å². The number of carbonyl (C=O) groups excluding carboxylic acids is 1. The van der Waals surface area contributed by atoms with Crippen LogP contribution in [0.15, 0.2) is 60.8 Å². The Bertz CT molecular complexity index is 996. The molecule has 3 aromatic rings. The molecule has 0 aliphatic rings. The van der Waals surface area contributed by atoms with E-state index in [1.54, 1.807) is 31.4 Å². The highest BCUT2D eigenvalue weighted by molar-refractivity contribution is 6.03. The summed E-state index contributed by atoms with van der Waals surface area (Å²) in [6.07, 6.45) is 2.31. The molecule has 7 nitrogen and oxygen atoms in total. The van der Waals surface area contributed by atoms with Gasteiger partial charge in [-0.05, 0) is 48.4 Å². The quantitative estimate of drug-likeness (QED) is 0.659. The van der Waals surface area contributed by atoms with Gasteiger partial charge in [-0.15, -0.1) is 0 Å². The maximum Gasteiger partial charge on any atom is 0.274 e. The largest absolute Gasteiger partial charge is 0.497 e. The fourth-order valence-electron chi connectivity index (χ4n) is 2.54. The Labute approximate surface area is 163 Å². The van der Waals surface area contributed by atoms with Crippen molar-refractivity contribution in [3.63, 3.8) is 0 Å². The van der Waals surface area contributed by atoms with Gasteiger partial charge in [-0.2, -0.15) is 5.26 Å². The maximum atomic E-state index is 12.4. The lowest BCUT2D eigenvalue weighted by atomic mass is 10.1. The predicted molar refractivity (Wildman–Crippen MR) is 106 cm³/mol. The van der Waals surface area contributed by atoms with Gasteiger partial charge in [0.15, 0.2) is 0 Å². The first-order chi connectivity index (χ1) is 13.7. The molecule has 0 aliphatic heterocycles. The molecule has 0 aliphatic carbocycles. The Morgan fingerprint density at radius 1 is 1.18 bits per heavy atom. The second kappa shape index (κ2) is 9.14. The van der Waals surface area contributed by atoms with Crippen molar-refractivity contribution in [2.24, 2.45) is 0 Å². The van der Waals surface area contributed by atoms with E-state index in [-0.39, 0.29) is 11.6 Å². The van der Waals surface area contributed by atoms with Crippen LogP contribution in [-0.2, 0) is 6.42 Å². The van der Waals surface area contributed by atoms with E-state index in [0.717, 1.165) is 17.7 Å². The highest BCUT2D eigenvalue weighted by Gasteiger charge is 2.09. The van der Waals surface area contributed by atoms with E-state index in [1.165, 1.54) is 12.3 Å². The number of hydrogen-bond acceptors (Lipinski definition) is 6. The minimum Gasteiger partial charge on any atom is -0.497 e. The number of nitrogens with one attached hydrogen (secondary N) is 2. The Balaban J connectivity index is 1.58. The topological polar surface area (TPSA) is 99.9 Å². The van der Waals surface area contributed by atoms with Crippen molar-refractivity contribution in [1.29, 1.82) is 5.26 Å². The molecule has 0 fully saturated rings. The van der Waals surface area contributed by atoms with Gasteiger partial charge in [-0.3, -0.25) is 4.79 Å². The number of aromatic nitrogens is 2. The van der Waals surface area contributed by atoms with E-state index in [9.17, 15) is 4.79 Å². The first kappa shape index (κ1) is 18.9. The Morgan fingerprint density at radius 3 is 2.75 bits per heavy atom. The molecule has 0 saturated carbocycles. The van der Waals surface area contributed by atoms with Crippen molar-refractivity contribution < 1.29 is 9.53 Å². The van der Waals surface area contributed by atoms with Crippen molar-refractivity contribution in [2.45, 2.75) is 6.42 Å². The lowest BCUT2D eigenvalue weighted by Gasteiger charge is -2.08. The van der Waals surface area contributed by atoms with Crippen LogP contribution in [0, 0.1) is 11.3 Å². The number of amides is 1. The molecular weight excluding hydrogens is 354 g/mol. The van der Waals surface area contributed by atoms with Crippen molar-refractivity contribution in [3.05, 3.63) is 77.6 Å². The van der Waals surface area contributed by atoms with E-state index in [0.29, 0.717) is 23.7 Å². The molecule has 0 spiro atoms. The van der Waals surface area contributed by atoms with Crippen LogP contribution >= 0.6 is 0 Å². The fourth-order valence-corrected chi connectivity index (χ4v) is 2.54. The molecule has 3 rings (SSSR count). The number of carbonyl (C=O) groups is 1. The molecule has 2 aromatic carbocycles. The zero-order valence-corrected chi connectivity index (χ0v) is 15.3. The van der Waals surface area contributed by atoms with Crippen LogP contribution in [0.5, 0.6) is 5.75 Å².